The van der Waals surface area contributed by atoms with Gasteiger partial charge in [0.05, 0.1) is 16.3 Å². The normalized spacial score (nSPS) is 11.7. The number of benzene rings is 4. The monoisotopic (exact) mass is 667 g/mol. The standard InChI is InChI=1S/C35H26ClN3O5S2/c36-28-17-16-24(35(43)44)19-29(28)38-34(42)31(22-9-3-1-4-10-22)46-27-14-7-13-25(20-27)37-33(41)30(21-26-15-8-18-45-26)39-32(40)23-11-5-2-6-12-23/h1-21,31H,(H,37,41)(H,38,42)(H,39,40)(H,43,44)/b30-21-. The summed E-state index contributed by atoms with van der Waals surface area (Å²) in [5, 5.41) is 19.0. The molecule has 5 rings (SSSR count). The number of carboxylic acid groups (broad SMARTS) is 1. The average molecular weight is 668 g/mol. The first-order chi connectivity index (χ1) is 22.3. The van der Waals surface area contributed by atoms with Crippen molar-refractivity contribution in [1.82, 2.24) is 5.32 Å². The van der Waals surface area contributed by atoms with Gasteiger partial charge in [-0.2, -0.15) is 0 Å². The number of aromatic carboxylic acids is 1. The third-order valence-electron chi connectivity index (χ3n) is 6.52. The lowest BCUT2D eigenvalue weighted by Gasteiger charge is -2.18. The van der Waals surface area contributed by atoms with E-state index in [1.54, 1.807) is 60.7 Å². The number of halogens is 1. The highest BCUT2D eigenvalue weighted by Crippen LogP contribution is 2.38. The maximum absolute atomic E-state index is 13.6. The number of carbonyl (C=O) groups excluding carboxylic acids is 3. The molecule has 1 heterocycles. The number of hydrogen-bond donors (Lipinski definition) is 4. The van der Waals surface area contributed by atoms with Gasteiger partial charge in [-0.05, 0) is 71.6 Å². The van der Waals surface area contributed by atoms with Crippen LogP contribution >= 0.6 is 34.7 Å². The largest absolute Gasteiger partial charge is 0.478 e. The fraction of sp³-hybridized carbons (Fsp3) is 0.0286. The molecule has 0 spiro atoms. The summed E-state index contributed by atoms with van der Waals surface area (Å²) >= 11 is 8.94. The Bertz CT molecular complexity index is 1900. The van der Waals surface area contributed by atoms with Crippen LogP contribution in [0.1, 0.15) is 36.4 Å². The molecule has 0 radical (unpaired) electrons. The van der Waals surface area contributed by atoms with Crippen LogP contribution in [0.15, 0.2) is 131 Å². The van der Waals surface area contributed by atoms with Gasteiger partial charge in [0.15, 0.2) is 0 Å². The summed E-state index contributed by atoms with van der Waals surface area (Å²) in [6.07, 6.45) is 1.61. The molecule has 1 atom stereocenters. The van der Waals surface area contributed by atoms with Gasteiger partial charge in [0, 0.05) is 21.0 Å². The molecule has 1 aromatic heterocycles. The van der Waals surface area contributed by atoms with Crippen molar-refractivity contribution < 1.29 is 24.3 Å². The molecule has 0 aliphatic heterocycles. The Morgan fingerprint density at radius 3 is 2.22 bits per heavy atom. The van der Waals surface area contributed by atoms with Crippen molar-refractivity contribution in [2.75, 3.05) is 10.6 Å². The lowest BCUT2D eigenvalue weighted by atomic mass is 10.1. The number of amides is 3. The Kier molecular flexibility index (Phi) is 10.7. The smallest absolute Gasteiger partial charge is 0.335 e. The summed E-state index contributed by atoms with van der Waals surface area (Å²) in [5.41, 5.74) is 1.79. The third-order valence-corrected chi connectivity index (χ3v) is 8.91. The number of nitrogens with one attached hydrogen (secondary N) is 3. The van der Waals surface area contributed by atoms with E-state index in [0.29, 0.717) is 21.7 Å². The van der Waals surface area contributed by atoms with Crippen molar-refractivity contribution in [1.29, 1.82) is 0 Å². The molecule has 0 aliphatic carbocycles. The van der Waals surface area contributed by atoms with Gasteiger partial charge in [-0.1, -0.05) is 72.3 Å². The van der Waals surface area contributed by atoms with E-state index < -0.39 is 28.9 Å². The second kappa shape index (κ2) is 15.2. The lowest BCUT2D eigenvalue weighted by Crippen LogP contribution is -2.30. The fourth-order valence-corrected chi connectivity index (χ4v) is 6.20. The number of anilines is 2. The van der Waals surface area contributed by atoms with Gasteiger partial charge in [0.1, 0.15) is 10.9 Å². The maximum Gasteiger partial charge on any atom is 0.335 e. The van der Waals surface area contributed by atoms with Crippen molar-refractivity contribution in [3.8, 4) is 0 Å². The molecule has 1 unspecified atom stereocenters. The Morgan fingerprint density at radius 1 is 0.783 bits per heavy atom. The van der Waals surface area contributed by atoms with Crippen LogP contribution in [0.3, 0.4) is 0 Å². The van der Waals surface area contributed by atoms with Crippen LogP contribution in [-0.2, 0) is 9.59 Å². The molecular weight excluding hydrogens is 642 g/mol. The summed E-state index contributed by atoms with van der Waals surface area (Å²) < 4.78 is 0. The van der Waals surface area contributed by atoms with Gasteiger partial charge >= 0.3 is 5.97 Å². The van der Waals surface area contributed by atoms with Gasteiger partial charge in [-0.3, -0.25) is 14.4 Å². The van der Waals surface area contributed by atoms with Gasteiger partial charge in [0.2, 0.25) is 5.91 Å². The summed E-state index contributed by atoms with van der Waals surface area (Å²) in [5.74, 6) is -2.51. The second-order valence-corrected chi connectivity index (χ2v) is 12.3. The molecular formula is C35H26ClN3O5S2. The van der Waals surface area contributed by atoms with E-state index in [-0.39, 0.29) is 22.0 Å². The number of thioether (sulfide) groups is 1. The number of carboxylic acids is 1. The molecule has 0 aliphatic rings. The van der Waals surface area contributed by atoms with E-state index in [1.165, 1.54) is 41.3 Å². The molecule has 230 valence electrons. The van der Waals surface area contributed by atoms with Crippen molar-refractivity contribution in [3.63, 3.8) is 0 Å². The number of rotatable bonds is 11. The molecule has 4 N–H and O–H groups in total. The fourth-order valence-electron chi connectivity index (χ4n) is 4.29. The van der Waals surface area contributed by atoms with Gasteiger partial charge in [0.25, 0.3) is 11.8 Å². The van der Waals surface area contributed by atoms with Gasteiger partial charge < -0.3 is 21.1 Å². The average Bonchev–Trinajstić information content (AvgIpc) is 3.58. The molecule has 11 heteroatoms. The first kappa shape index (κ1) is 32.2. The number of hydrogen-bond acceptors (Lipinski definition) is 6. The van der Waals surface area contributed by atoms with Crippen LogP contribution in [0, 0.1) is 0 Å². The summed E-state index contributed by atoms with van der Waals surface area (Å²) in [7, 11) is 0. The van der Waals surface area contributed by atoms with Crippen molar-refractivity contribution in [2.45, 2.75) is 10.1 Å². The van der Waals surface area contributed by atoms with Crippen LogP contribution in [0.5, 0.6) is 0 Å². The Balaban J connectivity index is 1.37. The molecule has 0 fully saturated rings. The van der Waals surface area contributed by atoms with E-state index >= 15 is 0 Å². The Labute approximate surface area is 278 Å². The highest BCUT2D eigenvalue weighted by atomic mass is 35.5. The van der Waals surface area contributed by atoms with E-state index in [2.05, 4.69) is 16.0 Å². The minimum atomic E-state index is -1.15. The van der Waals surface area contributed by atoms with Crippen molar-refractivity contribution >= 4 is 75.8 Å². The van der Waals surface area contributed by atoms with Gasteiger partial charge in [-0.25, -0.2) is 4.79 Å². The highest BCUT2D eigenvalue weighted by molar-refractivity contribution is 8.00. The molecule has 0 saturated carbocycles. The zero-order valence-electron chi connectivity index (χ0n) is 24.0. The Morgan fingerprint density at radius 2 is 1.52 bits per heavy atom. The molecule has 4 aromatic carbocycles. The minimum absolute atomic E-state index is 0.0143. The molecule has 5 aromatic rings. The summed E-state index contributed by atoms with van der Waals surface area (Å²) in [6, 6.07) is 32.5. The topological polar surface area (TPSA) is 125 Å². The number of carbonyl (C=O) groups is 4. The summed E-state index contributed by atoms with van der Waals surface area (Å²) in [6.45, 7) is 0. The van der Waals surface area contributed by atoms with E-state index in [1.807, 2.05) is 47.8 Å². The number of thiophene rings is 1. The van der Waals surface area contributed by atoms with Crippen LogP contribution in [0.2, 0.25) is 5.02 Å². The minimum Gasteiger partial charge on any atom is -0.478 e. The molecule has 0 saturated heterocycles. The lowest BCUT2D eigenvalue weighted by molar-refractivity contribution is -0.116. The van der Waals surface area contributed by atoms with Crippen LogP contribution in [0.25, 0.3) is 6.08 Å². The highest BCUT2D eigenvalue weighted by Gasteiger charge is 2.24. The third kappa shape index (κ3) is 8.51. The molecule has 3 amide bonds. The first-order valence-electron chi connectivity index (χ1n) is 13.8. The predicted octanol–water partition coefficient (Wildman–Crippen LogP) is 7.98. The first-order valence-corrected chi connectivity index (χ1v) is 16.0. The maximum atomic E-state index is 13.6. The van der Waals surface area contributed by atoms with E-state index in [9.17, 15) is 24.3 Å². The van der Waals surface area contributed by atoms with Crippen LogP contribution < -0.4 is 16.0 Å². The van der Waals surface area contributed by atoms with Crippen molar-refractivity contribution in [3.05, 3.63) is 153 Å². The second-order valence-electron chi connectivity index (χ2n) is 9.77. The molecule has 8 nitrogen and oxygen atoms in total. The molecule has 0 bridgehead atoms. The van der Waals surface area contributed by atoms with Crippen LogP contribution in [-0.4, -0.2) is 28.8 Å². The zero-order chi connectivity index (χ0) is 32.5. The SMILES string of the molecule is O=C(Nc1cccc(SC(C(=O)Nc2cc(C(=O)O)ccc2Cl)c2ccccc2)c1)/C(=C/c1cccs1)NC(=O)c1ccccc1. The summed E-state index contributed by atoms with van der Waals surface area (Å²) in [4.78, 5) is 52.9. The zero-order valence-corrected chi connectivity index (χ0v) is 26.4. The quantitative estimate of drug-likeness (QED) is 0.0836. The predicted molar refractivity (Wildman–Crippen MR) is 183 cm³/mol. The molecule has 46 heavy (non-hydrogen) atoms. The Hall–Kier alpha value is -5.16. The van der Waals surface area contributed by atoms with Crippen LogP contribution in [0.4, 0.5) is 11.4 Å². The van der Waals surface area contributed by atoms with E-state index in [0.717, 1.165) is 4.88 Å². The van der Waals surface area contributed by atoms with Crippen molar-refractivity contribution in [2.24, 2.45) is 0 Å². The van der Waals surface area contributed by atoms with Gasteiger partial charge in [-0.15, -0.1) is 23.1 Å². The van der Waals surface area contributed by atoms with E-state index in [4.69, 9.17) is 11.6 Å².